The van der Waals surface area contributed by atoms with Gasteiger partial charge in [0.1, 0.15) is 0 Å². The van der Waals surface area contributed by atoms with Crippen LogP contribution in [-0.4, -0.2) is 21.5 Å². The molecule has 156 valence electrons. The summed E-state index contributed by atoms with van der Waals surface area (Å²) in [6, 6.07) is 14.2. The van der Waals surface area contributed by atoms with Crippen LogP contribution >= 0.6 is 0 Å². The number of benzene rings is 2. The molecule has 1 aliphatic rings. The van der Waals surface area contributed by atoms with Crippen molar-refractivity contribution in [3.8, 4) is 5.69 Å². The second kappa shape index (κ2) is 8.30. The van der Waals surface area contributed by atoms with Crippen LogP contribution in [0.2, 0.25) is 0 Å². The maximum absolute atomic E-state index is 12.8. The molecular formula is C24H27N3O3. The van der Waals surface area contributed by atoms with E-state index in [1.54, 1.807) is 48.5 Å². The zero-order chi connectivity index (χ0) is 21.3. The number of aromatic nitrogens is 2. The minimum atomic E-state index is -0.482. The van der Waals surface area contributed by atoms with Crippen molar-refractivity contribution >= 4 is 16.8 Å². The summed E-state index contributed by atoms with van der Waals surface area (Å²) in [6.45, 7) is 4.46. The van der Waals surface area contributed by atoms with Crippen LogP contribution < -0.4 is 16.6 Å². The highest BCUT2D eigenvalue weighted by atomic mass is 16.2. The molecule has 0 aliphatic heterocycles. The molecule has 0 unspecified atom stereocenters. The number of carbonyl (C=O) groups excluding carboxylic acids is 1. The Morgan fingerprint density at radius 2 is 1.80 bits per heavy atom. The van der Waals surface area contributed by atoms with Crippen LogP contribution in [-0.2, 0) is 11.2 Å². The summed E-state index contributed by atoms with van der Waals surface area (Å²) in [5.41, 5.74) is 0.997. The minimum Gasteiger partial charge on any atom is -0.353 e. The normalized spacial score (nSPS) is 21.5. The number of aromatic amines is 1. The molecule has 1 aliphatic carbocycles. The van der Waals surface area contributed by atoms with Gasteiger partial charge in [-0.25, -0.2) is 9.36 Å². The molecular weight excluding hydrogens is 378 g/mol. The zero-order valence-electron chi connectivity index (χ0n) is 17.4. The second-order valence-electron chi connectivity index (χ2n) is 8.40. The van der Waals surface area contributed by atoms with Crippen LogP contribution in [0.25, 0.3) is 16.6 Å². The second-order valence-corrected chi connectivity index (χ2v) is 8.40. The van der Waals surface area contributed by atoms with E-state index < -0.39 is 5.69 Å². The molecule has 1 amide bonds. The summed E-state index contributed by atoms with van der Waals surface area (Å²) < 4.78 is 1.12. The lowest BCUT2D eigenvalue weighted by atomic mass is 9.78. The maximum Gasteiger partial charge on any atom is 0.333 e. The monoisotopic (exact) mass is 405 g/mol. The Hall–Kier alpha value is -3.15. The molecule has 1 heterocycles. The topological polar surface area (TPSA) is 84.0 Å². The molecule has 6 nitrogen and oxygen atoms in total. The number of rotatable bonds is 4. The number of hydrogen-bond donors (Lipinski definition) is 2. The summed E-state index contributed by atoms with van der Waals surface area (Å²) in [6.07, 6.45) is 3.69. The fourth-order valence-electron chi connectivity index (χ4n) is 4.39. The zero-order valence-corrected chi connectivity index (χ0v) is 17.4. The van der Waals surface area contributed by atoms with Gasteiger partial charge in [-0.05, 0) is 48.1 Å². The van der Waals surface area contributed by atoms with Gasteiger partial charge >= 0.3 is 5.69 Å². The molecule has 0 spiro atoms. The van der Waals surface area contributed by atoms with Crippen LogP contribution in [0.4, 0.5) is 0 Å². The lowest BCUT2D eigenvalue weighted by Gasteiger charge is -2.34. The highest BCUT2D eigenvalue weighted by Gasteiger charge is 2.28. The van der Waals surface area contributed by atoms with E-state index in [1.165, 1.54) is 6.42 Å². The van der Waals surface area contributed by atoms with Gasteiger partial charge in [-0.2, -0.15) is 0 Å². The van der Waals surface area contributed by atoms with Crippen LogP contribution in [0.3, 0.4) is 0 Å². The first-order valence-corrected chi connectivity index (χ1v) is 10.6. The highest BCUT2D eigenvalue weighted by Crippen LogP contribution is 2.29. The average Bonchev–Trinajstić information content (AvgIpc) is 2.73. The third-order valence-corrected chi connectivity index (χ3v) is 6.42. The quantitative estimate of drug-likeness (QED) is 0.699. The van der Waals surface area contributed by atoms with Crippen molar-refractivity contribution in [1.29, 1.82) is 0 Å². The molecule has 3 atom stereocenters. The third-order valence-electron chi connectivity index (χ3n) is 6.42. The summed E-state index contributed by atoms with van der Waals surface area (Å²) in [5.74, 6) is 1.12. The first-order chi connectivity index (χ1) is 14.4. The molecule has 1 aromatic heterocycles. The van der Waals surface area contributed by atoms with Gasteiger partial charge in [0.25, 0.3) is 5.56 Å². The number of para-hydroxylation sites is 1. The molecule has 6 heteroatoms. The fraction of sp³-hybridized carbons (Fsp3) is 0.375. The van der Waals surface area contributed by atoms with Crippen molar-refractivity contribution < 1.29 is 4.79 Å². The summed E-state index contributed by atoms with van der Waals surface area (Å²) >= 11 is 0. The SMILES string of the molecule is C[C@H]1[C@H](C)CCC[C@@H]1NC(=O)Cc1ccc(-n2c(=O)[nH]c3ccccc3c2=O)cc1. The Bertz CT molecular complexity index is 1180. The van der Waals surface area contributed by atoms with Crippen molar-refractivity contribution in [2.24, 2.45) is 11.8 Å². The number of carbonyl (C=O) groups is 1. The summed E-state index contributed by atoms with van der Waals surface area (Å²) in [4.78, 5) is 40.5. The maximum atomic E-state index is 12.8. The first kappa shape index (κ1) is 20.1. The molecule has 0 bridgehead atoms. The van der Waals surface area contributed by atoms with Gasteiger partial charge in [-0.1, -0.05) is 51.0 Å². The largest absolute Gasteiger partial charge is 0.353 e. The van der Waals surface area contributed by atoms with E-state index in [9.17, 15) is 14.4 Å². The first-order valence-electron chi connectivity index (χ1n) is 10.6. The Morgan fingerprint density at radius 1 is 1.07 bits per heavy atom. The van der Waals surface area contributed by atoms with Crippen LogP contribution in [0, 0.1) is 11.8 Å². The van der Waals surface area contributed by atoms with Gasteiger partial charge in [0.2, 0.25) is 5.91 Å². The number of hydrogen-bond acceptors (Lipinski definition) is 3. The van der Waals surface area contributed by atoms with E-state index in [-0.39, 0.29) is 23.9 Å². The molecule has 4 rings (SSSR count). The lowest BCUT2D eigenvalue weighted by Crippen LogP contribution is -2.44. The van der Waals surface area contributed by atoms with Gasteiger partial charge in [-0.3, -0.25) is 9.59 Å². The van der Waals surface area contributed by atoms with Gasteiger partial charge in [0, 0.05) is 6.04 Å². The average molecular weight is 405 g/mol. The summed E-state index contributed by atoms with van der Waals surface area (Å²) in [7, 11) is 0. The molecule has 0 saturated heterocycles. The Morgan fingerprint density at radius 3 is 2.57 bits per heavy atom. The van der Waals surface area contributed by atoms with Crippen LogP contribution in [0.1, 0.15) is 38.7 Å². The smallest absolute Gasteiger partial charge is 0.333 e. The van der Waals surface area contributed by atoms with Crippen molar-refractivity contribution in [3.63, 3.8) is 0 Å². The Labute approximate surface area is 174 Å². The van der Waals surface area contributed by atoms with Crippen LogP contribution in [0.15, 0.2) is 58.1 Å². The number of nitrogens with one attached hydrogen (secondary N) is 2. The molecule has 0 radical (unpaired) electrons. The van der Waals surface area contributed by atoms with Crippen molar-refractivity contribution in [3.05, 3.63) is 74.9 Å². The minimum absolute atomic E-state index is 0.00872. The molecule has 2 aromatic carbocycles. The van der Waals surface area contributed by atoms with E-state index in [0.717, 1.165) is 23.0 Å². The van der Waals surface area contributed by atoms with Gasteiger partial charge in [0.05, 0.1) is 23.0 Å². The molecule has 1 fully saturated rings. The molecule has 1 saturated carbocycles. The summed E-state index contributed by atoms with van der Waals surface area (Å²) in [5, 5.41) is 3.64. The van der Waals surface area contributed by atoms with E-state index in [2.05, 4.69) is 24.1 Å². The predicted molar refractivity (Wildman–Crippen MR) is 118 cm³/mol. The van der Waals surface area contributed by atoms with Crippen molar-refractivity contribution in [2.45, 2.75) is 45.6 Å². The number of fused-ring (bicyclic) bond motifs is 1. The van der Waals surface area contributed by atoms with Gasteiger partial charge < -0.3 is 10.3 Å². The van der Waals surface area contributed by atoms with E-state index in [1.807, 2.05) is 0 Å². The van der Waals surface area contributed by atoms with Gasteiger partial charge in [0.15, 0.2) is 0 Å². The van der Waals surface area contributed by atoms with E-state index in [4.69, 9.17) is 0 Å². The molecule has 3 aromatic rings. The standard InChI is InChI=1S/C24H27N3O3/c1-15-6-5-9-20(16(15)2)25-22(28)14-17-10-12-18(13-11-17)27-23(29)19-7-3-4-8-21(19)26-24(27)30/h3-4,7-8,10-13,15-16,20H,5-6,9,14H2,1-2H3,(H,25,28)(H,26,30)/t15-,16+,20+/m1/s1. The molecule has 2 N–H and O–H groups in total. The number of H-pyrrole nitrogens is 1. The van der Waals surface area contributed by atoms with Crippen LogP contribution in [0.5, 0.6) is 0 Å². The van der Waals surface area contributed by atoms with E-state index >= 15 is 0 Å². The third kappa shape index (κ3) is 3.95. The van der Waals surface area contributed by atoms with Crippen molar-refractivity contribution in [2.75, 3.05) is 0 Å². The Kier molecular flexibility index (Phi) is 5.57. The molecule has 30 heavy (non-hydrogen) atoms. The number of nitrogens with zero attached hydrogens (tertiary/aromatic N) is 1. The van der Waals surface area contributed by atoms with Gasteiger partial charge in [-0.15, -0.1) is 0 Å². The lowest BCUT2D eigenvalue weighted by molar-refractivity contribution is -0.121. The fourth-order valence-corrected chi connectivity index (χ4v) is 4.39. The predicted octanol–water partition coefficient (Wildman–Crippen LogP) is 3.16. The van der Waals surface area contributed by atoms with Crippen molar-refractivity contribution in [1.82, 2.24) is 14.9 Å². The van der Waals surface area contributed by atoms with E-state index in [0.29, 0.717) is 28.4 Å². The Balaban J connectivity index is 1.51. The highest BCUT2D eigenvalue weighted by molar-refractivity contribution is 5.79. The number of amides is 1.